The summed E-state index contributed by atoms with van der Waals surface area (Å²) >= 11 is 0. The Morgan fingerprint density at radius 3 is 2.55 bits per heavy atom. The number of aryl methyl sites for hydroxylation is 1. The van der Waals surface area contributed by atoms with E-state index in [0.29, 0.717) is 0 Å². The van der Waals surface area contributed by atoms with Gasteiger partial charge >= 0.3 is 0 Å². The number of hydrogen-bond acceptors (Lipinski definition) is 0. The quantitative estimate of drug-likeness (QED) is 0.350. The van der Waals surface area contributed by atoms with E-state index in [4.69, 9.17) is 5.53 Å². The second kappa shape index (κ2) is 4.67. The second-order valence-corrected chi connectivity index (χ2v) is 2.10. The van der Waals surface area contributed by atoms with E-state index in [2.05, 4.69) is 4.79 Å². The molecular formula is C8H9ClN2. The summed E-state index contributed by atoms with van der Waals surface area (Å²) in [5.41, 5.74) is 10.3. The standard InChI is InChI=1S/C8H8N2.ClH/c1-7-4-2-3-5-8(7)6-10-9;/h2-6H,1H3;1H. The molecule has 0 aromatic heterocycles. The molecule has 0 aliphatic heterocycles. The first-order valence-electron chi connectivity index (χ1n) is 3.07. The Balaban J connectivity index is 0.000001000. The normalized spacial score (nSPS) is 7.73. The molecule has 0 unspecified atom stereocenters. The highest BCUT2D eigenvalue weighted by Gasteiger charge is 1.93. The van der Waals surface area contributed by atoms with E-state index < -0.39 is 0 Å². The van der Waals surface area contributed by atoms with Crippen molar-refractivity contribution in [3.63, 3.8) is 0 Å². The number of nitrogens with zero attached hydrogens (tertiary/aromatic N) is 2. The molecule has 1 aromatic carbocycles. The molecule has 0 atom stereocenters. The second-order valence-electron chi connectivity index (χ2n) is 2.10. The Morgan fingerprint density at radius 2 is 2.00 bits per heavy atom. The molecule has 11 heavy (non-hydrogen) atoms. The van der Waals surface area contributed by atoms with Crippen LogP contribution in [0.2, 0.25) is 0 Å². The minimum Gasteiger partial charge on any atom is -0.361 e. The predicted molar refractivity (Wildman–Crippen MR) is 47.2 cm³/mol. The van der Waals surface area contributed by atoms with Crippen molar-refractivity contribution in [2.75, 3.05) is 0 Å². The van der Waals surface area contributed by atoms with Crippen molar-refractivity contribution in [1.82, 2.24) is 0 Å². The molecule has 0 bridgehead atoms. The Labute approximate surface area is 71.9 Å². The molecule has 3 heteroatoms. The van der Waals surface area contributed by atoms with Crippen LogP contribution >= 0.6 is 12.4 Å². The maximum atomic E-state index is 8.21. The fraction of sp³-hybridized carbons (Fsp3) is 0.125. The van der Waals surface area contributed by atoms with Gasteiger partial charge in [0.15, 0.2) is 0 Å². The van der Waals surface area contributed by atoms with E-state index in [9.17, 15) is 0 Å². The number of benzene rings is 1. The number of rotatable bonds is 1. The summed E-state index contributed by atoms with van der Waals surface area (Å²) in [7, 11) is 0. The Kier molecular flexibility index (Phi) is 4.20. The van der Waals surface area contributed by atoms with E-state index in [1.165, 1.54) is 6.21 Å². The van der Waals surface area contributed by atoms with E-state index in [-0.39, 0.29) is 12.4 Å². The molecule has 0 saturated heterocycles. The molecule has 0 aliphatic carbocycles. The van der Waals surface area contributed by atoms with Crippen LogP contribution in [0.3, 0.4) is 0 Å². The van der Waals surface area contributed by atoms with Crippen molar-refractivity contribution in [3.8, 4) is 0 Å². The highest BCUT2D eigenvalue weighted by atomic mass is 35.5. The molecule has 0 amide bonds. The summed E-state index contributed by atoms with van der Waals surface area (Å²) in [6, 6.07) is 7.72. The largest absolute Gasteiger partial charge is 0.361 e. The first-order chi connectivity index (χ1) is 4.84. The van der Waals surface area contributed by atoms with E-state index in [0.717, 1.165) is 11.1 Å². The van der Waals surface area contributed by atoms with Crippen LogP contribution < -0.4 is 0 Å². The lowest BCUT2D eigenvalue weighted by molar-refractivity contribution is 0.00453. The van der Waals surface area contributed by atoms with Crippen LogP contribution in [0.4, 0.5) is 0 Å². The van der Waals surface area contributed by atoms with Crippen molar-refractivity contribution in [3.05, 3.63) is 40.9 Å². The van der Waals surface area contributed by atoms with Crippen molar-refractivity contribution < 1.29 is 4.79 Å². The van der Waals surface area contributed by atoms with Crippen LogP contribution in [0.25, 0.3) is 5.53 Å². The molecule has 0 aliphatic rings. The first kappa shape index (κ1) is 9.89. The highest BCUT2D eigenvalue weighted by Crippen LogP contribution is 2.01. The van der Waals surface area contributed by atoms with Gasteiger partial charge in [-0.05, 0) is 18.6 Å². The maximum absolute atomic E-state index is 8.21. The molecule has 1 rings (SSSR count). The monoisotopic (exact) mass is 168 g/mol. The number of halogens is 1. The molecule has 0 radical (unpaired) electrons. The Hall–Kier alpha value is -1.11. The molecule has 58 valence electrons. The van der Waals surface area contributed by atoms with Gasteiger partial charge in [-0.15, -0.1) is 12.4 Å². The molecule has 0 spiro atoms. The third-order valence-electron chi connectivity index (χ3n) is 1.39. The fourth-order valence-electron chi connectivity index (χ4n) is 0.794. The lowest BCUT2D eigenvalue weighted by atomic mass is 10.1. The van der Waals surface area contributed by atoms with Gasteiger partial charge in [0.2, 0.25) is 0 Å². The van der Waals surface area contributed by atoms with Crippen LogP contribution in [0.5, 0.6) is 0 Å². The molecule has 1 aromatic rings. The van der Waals surface area contributed by atoms with Gasteiger partial charge in [0, 0.05) is 0 Å². The summed E-state index contributed by atoms with van der Waals surface area (Å²) in [5, 5.41) is 0. The minimum absolute atomic E-state index is 0. The van der Waals surface area contributed by atoms with E-state index in [1.54, 1.807) is 0 Å². The lowest BCUT2D eigenvalue weighted by Gasteiger charge is -1.90. The summed E-state index contributed by atoms with van der Waals surface area (Å²) in [5.74, 6) is 0. The maximum Gasteiger partial charge on any atom is 0.288 e. The SMILES string of the molecule is Cc1ccccc1C=[N+]=[N-].Cl. The average molecular weight is 169 g/mol. The van der Waals surface area contributed by atoms with Gasteiger partial charge in [0.1, 0.15) is 0 Å². The summed E-state index contributed by atoms with van der Waals surface area (Å²) in [6.45, 7) is 1.97. The van der Waals surface area contributed by atoms with Crippen LogP contribution in [-0.4, -0.2) is 11.0 Å². The topological polar surface area (TPSA) is 36.4 Å². The predicted octanol–water partition coefficient (Wildman–Crippen LogP) is 2.07. The Bertz CT molecular complexity index is 277. The smallest absolute Gasteiger partial charge is 0.288 e. The van der Waals surface area contributed by atoms with Gasteiger partial charge in [-0.3, -0.25) is 0 Å². The lowest BCUT2D eigenvalue weighted by Crippen LogP contribution is -1.84. The fourth-order valence-corrected chi connectivity index (χ4v) is 0.794. The minimum atomic E-state index is 0. The number of hydrogen-bond donors (Lipinski definition) is 0. The summed E-state index contributed by atoms with van der Waals surface area (Å²) in [4.78, 5) is 2.94. The summed E-state index contributed by atoms with van der Waals surface area (Å²) < 4.78 is 0. The van der Waals surface area contributed by atoms with Crippen molar-refractivity contribution >= 4 is 18.6 Å². The summed E-state index contributed by atoms with van der Waals surface area (Å²) in [6.07, 6.45) is 1.43. The molecule has 2 nitrogen and oxygen atoms in total. The zero-order valence-electron chi connectivity index (χ0n) is 6.19. The molecule has 0 fully saturated rings. The van der Waals surface area contributed by atoms with Crippen LogP contribution in [0.1, 0.15) is 11.1 Å². The van der Waals surface area contributed by atoms with Gasteiger partial charge in [-0.1, -0.05) is 18.2 Å². The first-order valence-corrected chi connectivity index (χ1v) is 3.07. The van der Waals surface area contributed by atoms with E-state index in [1.807, 2.05) is 31.2 Å². The van der Waals surface area contributed by atoms with Crippen LogP contribution in [0.15, 0.2) is 24.3 Å². The molecule has 0 saturated carbocycles. The van der Waals surface area contributed by atoms with Crippen LogP contribution in [-0.2, 0) is 0 Å². The van der Waals surface area contributed by atoms with Crippen molar-refractivity contribution in [1.29, 1.82) is 0 Å². The average Bonchev–Trinajstić information content (AvgIpc) is 1.94. The van der Waals surface area contributed by atoms with Gasteiger partial charge in [0.25, 0.3) is 6.21 Å². The highest BCUT2D eigenvalue weighted by molar-refractivity contribution is 5.85. The Morgan fingerprint density at radius 1 is 1.36 bits per heavy atom. The van der Waals surface area contributed by atoms with E-state index >= 15 is 0 Å². The zero-order valence-corrected chi connectivity index (χ0v) is 7.01. The third-order valence-corrected chi connectivity index (χ3v) is 1.39. The van der Waals surface area contributed by atoms with Gasteiger partial charge in [0.05, 0.1) is 5.56 Å². The van der Waals surface area contributed by atoms with Crippen LogP contribution in [0, 0.1) is 6.92 Å². The van der Waals surface area contributed by atoms with Gasteiger partial charge < -0.3 is 5.53 Å². The van der Waals surface area contributed by atoms with Gasteiger partial charge in [-0.25, -0.2) is 0 Å². The molecule has 0 heterocycles. The third kappa shape index (κ3) is 2.54. The van der Waals surface area contributed by atoms with Crippen molar-refractivity contribution in [2.45, 2.75) is 6.92 Å². The molecule has 0 N–H and O–H groups in total. The zero-order chi connectivity index (χ0) is 7.40. The van der Waals surface area contributed by atoms with Crippen molar-refractivity contribution in [2.24, 2.45) is 0 Å². The molecular weight excluding hydrogens is 160 g/mol. The van der Waals surface area contributed by atoms with Gasteiger partial charge in [-0.2, -0.15) is 4.79 Å².